The van der Waals surface area contributed by atoms with E-state index < -0.39 is 10.0 Å². The Bertz CT molecular complexity index is 1100. The van der Waals surface area contributed by atoms with E-state index in [2.05, 4.69) is 10.3 Å². The number of nitrogens with zero attached hydrogens (tertiary/aromatic N) is 2. The molecule has 0 radical (unpaired) electrons. The second-order valence-corrected chi connectivity index (χ2v) is 7.82. The van der Waals surface area contributed by atoms with E-state index in [4.69, 9.17) is 5.41 Å². The molecule has 0 bridgehead atoms. The van der Waals surface area contributed by atoms with E-state index in [0.29, 0.717) is 17.6 Å². The van der Waals surface area contributed by atoms with Gasteiger partial charge in [0, 0.05) is 36.7 Å². The molecule has 140 valence electrons. The van der Waals surface area contributed by atoms with Crippen molar-refractivity contribution in [3.8, 4) is 0 Å². The Morgan fingerprint density at radius 3 is 2.81 bits per heavy atom. The number of quaternary nitrogens is 1. The molecule has 0 aliphatic carbocycles. The quantitative estimate of drug-likeness (QED) is 0.532. The van der Waals surface area contributed by atoms with Crippen molar-refractivity contribution >= 4 is 32.7 Å². The van der Waals surface area contributed by atoms with Gasteiger partial charge in [-0.3, -0.25) is 4.98 Å². The van der Waals surface area contributed by atoms with Gasteiger partial charge < -0.3 is 16.0 Å². The average molecular weight is 384 g/mol. The summed E-state index contributed by atoms with van der Waals surface area (Å²) in [4.78, 5) is 4.07. The van der Waals surface area contributed by atoms with Crippen molar-refractivity contribution in [3.05, 3.63) is 66.2 Å². The van der Waals surface area contributed by atoms with E-state index in [1.54, 1.807) is 18.5 Å². The fraction of sp³-hybridized carbons (Fsp3) is 0.158. The highest BCUT2D eigenvalue weighted by atomic mass is 32.2. The lowest BCUT2D eigenvalue weighted by Crippen LogP contribution is -2.72. The Hall–Kier alpha value is -2.81. The summed E-state index contributed by atoms with van der Waals surface area (Å²) in [5, 5.41) is 13.4. The third-order valence-electron chi connectivity index (χ3n) is 4.25. The van der Waals surface area contributed by atoms with Crippen LogP contribution in [0.4, 0.5) is 0 Å². The maximum absolute atomic E-state index is 13.2. The summed E-state index contributed by atoms with van der Waals surface area (Å²) in [7, 11) is -0.0853. The Labute approximate surface area is 158 Å². The summed E-state index contributed by atoms with van der Waals surface area (Å²) in [5.41, 5.74) is 2.95. The van der Waals surface area contributed by atoms with Crippen LogP contribution in [0.5, 0.6) is 0 Å². The lowest BCUT2D eigenvalue weighted by atomic mass is 10.0. The highest BCUT2D eigenvalue weighted by Crippen LogP contribution is 2.28. The van der Waals surface area contributed by atoms with Crippen molar-refractivity contribution in [2.45, 2.75) is 11.4 Å². The van der Waals surface area contributed by atoms with Crippen molar-refractivity contribution in [1.82, 2.24) is 14.3 Å². The predicted octanol–water partition coefficient (Wildman–Crippen LogP) is 1.18. The highest BCUT2D eigenvalue weighted by Gasteiger charge is 2.22. The van der Waals surface area contributed by atoms with Crippen molar-refractivity contribution in [2.24, 2.45) is 0 Å². The van der Waals surface area contributed by atoms with Crippen LogP contribution in [0.25, 0.3) is 16.5 Å². The summed E-state index contributed by atoms with van der Waals surface area (Å²) in [6.07, 6.45) is 7.62. The lowest BCUT2D eigenvalue weighted by molar-refractivity contribution is -0.555. The number of nitrogens with two attached hydrogens (primary N) is 1. The van der Waals surface area contributed by atoms with E-state index in [-0.39, 0.29) is 4.90 Å². The van der Waals surface area contributed by atoms with Crippen LogP contribution in [0.15, 0.2) is 60.0 Å². The van der Waals surface area contributed by atoms with Crippen LogP contribution in [0, 0.1) is 5.41 Å². The second-order valence-electron chi connectivity index (χ2n) is 6.01. The summed E-state index contributed by atoms with van der Waals surface area (Å²) >= 11 is 0. The fourth-order valence-corrected chi connectivity index (χ4v) is 4.34. The maximum Gasteiger partial charge on any atom is 0.269 e. The third-order valence-corrected chi connectivity index (χ3v) is 5.90. The molecule has 0 aliphatic rings. The Kier molecular flexibility index (Phi) is 5.50. The number of hydrogen-bond acceptors (Lipinski definition) is 5. The number of rotatable bonds is 7. The van der Waals surface area contributed by atoms with Gasteiger partial charge in [0.2, 0.25) is 0 Å². The minimum atomic E-state index is -3.78. The molecule has 1 aromatic carbocycles. The smallest absolute Gasteiger partial charge is 0.269 e. The molecule has 2 aromatic heterocycles. The molecule has 0 spiro atoms. The molecule has 4 N–H and O–H groups in total. The van der Waals surface area contributed by atoms with Gasteiger partial charge in [-0.15, -0.1) is 0 Å². The zero-order valence-corrected chi connectivity index (χ0v) is 16.0. The van der Waals surface area contributed by atoms with Crippen LogP contribution in [0.2, 0.25) is 0 Å². The van der Waals surface area contributed by atoms with Crippen LogP contribution in [0.3, 0.4) is 0 Å². The average Bonchev–Trinajstić information content (AvgIpc) is 3.05. The number of aromatic nitrogens is 2. The van der Waals surface area contributed by atoms with E-state index in [1.165, 1.54) is 22.5 Å². The minimum absolute atomic E-state index is 0.132. The monoisotopic (exact) mass is 384 g/mol. The summed E-state index contributed by atoms with van der Waals surface area (Å²) < 4.78 is 27.7. The Balaban J connectivity index is 2.28. The van der Waals surface area contributed by atoms with E-state index in [1.807, 2.05) is 43.8 Å². The van der Waals surface area contributed by atoms with Crippen LogP contribution in [-0.2, 0) is 16.6 Å². The zero-order valence-electron chi connectivity index (χ0n) is 15.2. The van der Waals surface area contributed by atoms with E-state index >= 15 is 0 Å². The standard InChI is InChI=1S/C19H21N5O2S/c1-21-10-15(9-20)14-5-6-18-16(11-22-2)13-24(19(18)8-14)27(25,26)17-4-3-7-23-12-17/h3-10,12-13,20-22H,11H2,1-2H3/p+1/b15-10+,20-9?. The highest BCUT2D eigenvalue weighted by molar-refractivity contribution is 7.90. The number of benzene rings is 1. The summed E-state index contributed by atoms with van der Waals surface area (Å²) in [6.45, 7) is 0.543. The molecule has 7 nitrogen and oxygen atoms in total. The molecule has 0 atom stereocenters. The lowest BCUT2D eigenvalue weighted by Gasteiger charge is -2.08. The molecular weight excluding hydrogens is 362 g/mol. The predicted molar refractivity (Wildman–Crippen MR) is 106 cm³/mol. The number of hydrogen-bond donors (Lipinski definition) is 3. The van der Waals surface area contributed by atoms with Crippen molar-refractivity contribution in [2.75, 3.05) is 14.1 Å². The fourth-order valence-electron chi connectivity index (χ4n) is 3.00. The topological polar surface area (TPSA) is 104 Å². The molecule has 0 saturated carbocycles. The summed E-state index contributed by atoms with van der Waals surface area (Å²) in [6, 6.07) is 8.75. The van der Waals surface area contributed by atoms with Gasteiger partial charge in [-0.1, -0.05) is 12.1 Å². The van der Waals surface area contributed by atoms with Gasteiger partial charge in [-0.2, -0.15) is 0 Å². The summed E-state index contributed by atoms with van der Waals surface area (Å²) in [5.74, 6) is 0. The SMILES string of the molecule is CNCc1cn(S(=O)(=O)c2cccnc2)c2cc(/C(C=N)=C/[NH2+]C)ccc12. The van der Waals surface area contributed by atoms with Gasteiger partial charge in [0.25, 0.3) is 10.0 Å². The van der Waals surface area contributed by atoms with Gasteiger partial charge in [-0.05, 0) is 36.4 Å². The van der Waals surface area contributed by atoms with Crippen LogP contribution < -0.4 is 10.6 Å². The number of allylic oxidation sites excluding steroid dienone is 1. The van der Waals surface area contributed by atoms with E-state index in [0.717, 1.165) is 16.5 Å². The first-order valence-corrected chi connectivity index (χ1v) is 9.91. The first kappa shape index (κ1) is 19.0. The van der Waals surface area contributed by atoms with Crippen molar-refractivity contribution < 1.29 is 13.7 Å². The number of nitrogens with one attached hydrogen (secondary N) is 2. The van der Waals surface area contributed by atoms with Gasteiger partial charge in [-0.25, -0.2) is 12.4 Å². The largest absolute Gasteiger partial charge is 0.322 e. The first-order valence-electron chi connectivity index (χ1n) is 8.47. The van der Waals surface area contributed by atoms with E-state index in [9.17, 15) is 8.42 Å². The number of pyridine rings is 1. The zero-order chi connectivity index (χ0) is 19.4. The van der Waals surface area contributed by atoms with Crippen molar-refractivity contribution in [1.29, 1.82) is 5.41 Å². The van der Waals surface area contributed by atoms with Gasteiger partial charge in [0.15, 0.2) is 0 Å². The molecule has 3 rings (SSSR count). The van der Waals surface area contributed by atoms with Crippen LogP contribution in [-0.4, -0.2) is 37.7 Å². The molecule has 0 amide bonds. The normalized spacial score (nSPS) is 12.4. The molecular formula is C19H22N5O2S+. The molecule has 0 saturated heterocycles. The van der Waals surface area contributed by atoms with Crippen molar-refractivity contribution in [3.63, 3.8) is 0 Å². The third kappa shape index (κ3) is 3.55. The molecule has 0 fully saturated rings. The molecule has 3 aromatic rings. The van der Waals surface area contributed by atoms with Crippen LogP contribution >= 0.6 is 0 Å². The molecule has 2 heterocycles. The van der Waals surface area contributed by atoms with Gasteiger partial charge in [0.1, 0.15) is 11.1 Å². The molecule has 8 heteroatoms. The minimum Gasteiger partial charge on any atom is -0.322 e. The van der Waals surface area contributed by atoms with Gasteiger partial charge in [0.05, 0.1) is 18.1 Å². The molecule has 0 aliphatic heterocycles. The molecule has 27 heavy (non-hydrogen) atoms. The van der Waals surface area contributed by atoms with Gasteiger partial charge >= 0.3 is 0 Å². The Morgan fingerprint density at radius 1 is 1.37 bits per heavy atom. The Morgan fingerprint density at radius 2 is 2.19 bits per heavy atom. The molecule has 0 unspecified atom stereocenters. The maximum atomic E-state index is 13.2. The second kappa shape index (κ2) is 7.83. The number of fused-ring (bicyclic) bond motifs is 1. The first-order chi connectivity index (χ1) is 13.0. The van der Waals surface area contributed by atoms with Crippen LogP contribution in [0.1, 0.15) is 11.1 Å².